The Kier molecular flexibility index (Phi) is 5.92. The van der Waals surface area contributed by atoms with Crippen LogP contribution in [0.4, 0.5) is 4.79 Å². The summed E-state index contributed by atoms with van der Waals surface area (Å²) in [6, 6.07) is 0.207. The standard InChI is InChI=1S/C17H31N5O3/c1-13(2)20(5)9-15(24)21-6-7-22(16(25)19(3)4)12-17(11-21)8-14(23)18-10-17/h13H,6-12H2,1-5H3,(H,18,23). The molecule has 8 nitrogen and oxygen atoms in total. The summed E-state index contributed by atoms with van der Waals surface area (Å²) in [7, 11) is 5.37. The normalized spacial score (nSPS) is 24.0. The van der Waals surface area contributed by atoms with Crippen LogP contribution in [0.25, 0.3) is 0 Å². The van der Waals surface area contributed by atoms with E-state index in [9.17, 15) is 14.4 Å². The Hall–Kier alpha value is -1.83. The Bertz CT molecular complexity index is 536. The fourth-order valence-corrected chi connectivity index (χ4v) is 3.39. The highest BCUT2D eigenvalue weighted by Gasteiger charge is 2.45. The molecule has 4 amide bonds. The van der Waals surface area contributed by atoms with Gasteiger partial charge < -0.3 is 20.0 Å². The minimum Gasteiger partial charge on any atom is -0.355 e. The first-order chi connectivity index (χ1) is 11.6. The van der Waals surface area contributed by atoms with Crippen LogP contribution in [0, 0.1) is 5.41 Å². The van der Waals surface area contributed by atoms with Gasteiger partial charge >= 0.3 is 6.03 Å². The number of amides is 4. The second-order valence-electron chi connectivity index (χ2n) is 7.88. The molecule has 2 rings (SSSR count). The van der Waals surface area contributed by atoms with Crippen molar-refractivity contribution in [2.45, 2.75) is 26.3 Å². The molecule has 0 aromatic carbocycles. The minimum atomic E-state index is -0.398. The zero-order valence-corrected chi connectivity index (χ0v) is 16.0. The third-order valence-corrected chi connectivity index (χ3v) is 5.16. The van der Waals surface area contributed by atoms with Gasteiger partial charge in [0.15, 0.2) is 0 Å². The second-order valence-corrected chi connectivity index (χ2v) is 7.88. The van der Waals surface area contributed by atoms with Gasteiger partial charge in [-0.25, -0.2) is 4.79 Å². The summed E-state index contributed by atoms with van der Waals surface area (Å²) in [5, 5.41) is 2.88. The molecule has 2 aliphatic rings. The monoisotopic (exact) mass is 353 g/mol. The summed E-state index contributed by atoms with van der Waals surface area (Å²) >= 11 is 0. The second kappa shape index (κ2) is 7.59. The van der Waals surface area contributed by atoms with Gasteiger partial charge in [0.05, 0.1) is 6.54 Å². The molecule has 0 aromatic heterocycles. The lowest BCUT2D eigenvalue weighted by atomic mass is 9.86. The zero-order valence-electron chi connectivity index (χ0n) is 16.0. The molecule has 2 aliphatic heterocycles. The number of nitrogens with one attached hydrogen (secondary N) is 1. The van der Waals surface area contributed by atoms with E-state index in [4.69, 9.17) is 0 Å². The van der Waals surface area contributed by atoms with Crippen LogP contribution < -0.4 is 5.32 Å². The van der Waals surface area contributed by atoms with Gasteiger partial charge in [-0.1, -0.05) is 0 Å². The molecule has 0 bridgehead atoms. The first kappa shape index (κ1) is 19.5. The molecule has 1 atom stereocenters. The third kappa shape index (κ3) is 4.62. The van der Waals surface area contributed by atoms with Crippen molar-refractivity contribution in [2.24, 2.45) is 5.41 Å². The molecule has 0 aromatic rings. The van der Waals surface area contributed by atoms with Crippen LogP contribution in [0.3, 0.4) is 0 Å². The average Bonchev–Trinajstić information content (AvgIpc) is 2.78. The molecule has 25 heavy (non-hydrogen) atoms. The van der Waals surface area contributed by atoms with E-state index in [1.54, 1.807) is 23.9 Å². The van der Waals surface area contributed by atoms with Gasteiger partial charge in [-0.3, -0.25) is 14.5 Å². The molecule has 2 saturated heterocycles. The molecule has 0 saturated carbocycles. The van der Waals surface area contributed by atoms with E-state index in [0.717, 1.165) is 0 Å². The van der Waals surface area contributed by atoms with Crippen molar-refractivity contribution in [3.63, 3.8) is 0 Å². The predicted molar refractivity (Wildman–Crippen MR) is 95.1 cm³/mol. The highest BCUT2D eigenvalue weighted by Crippen LogP contribution is 2.31. The fraction of sp³-hybridized carbons (Fsp3) is 0.824. The van der Waals surface area contributed by atoms with Gasteiger partial charge in [-0.15, -0.1) is 0 Å². The Morgan fingerprint density at radius 2 is 1.76 bits per heavy atom. The van der Waals surface area contributed by atoms with Gasteiger partial charge in [-0.05, 0) is 20.9 Å². The molecular weight excluding hydrogens is 322 g/mol. The third-order valence-electron chi connectivity index (χ3n) is 5.16. The molecule has 142 valence electrons. The first-order valence-electron chi connectivity index (χ1n) is 8.84. The Balaban J connectivity index is 2.17. The number of hydrogen-bond donors (Lipinski definition) is 1. The van der Waals surface area contributed by atoms with E-state index >= 15 is 0 Å². The van der Waals surface area contributed by atoms with E-state index < -0.39 is 5.41 Å². The van der Waals surface area contributed by atoms with Crippen LogP contribution in [0.5, 0.6) is 0 Å². The van der Waals surface area contributed by atoms with Crippen molar-refractivity contribution >= 4 is 17.8 Å². The van der Waals surface area contributed by atoms with Crippen LogP contribution in [-0.2, 0) is 9.59 Å². The maximum absolute atomic E-state index is 12.8. The van der Waals surface area contributed by atoms with Crippen molar-refractivity contribution in [1.82, 2.24) is 24.9 Å². The van der Waals surface area contributed by atoms with Crippen LogP contribution in [0.1, 0.15) is 20.3 Å². The van der Waals surface area contributed by atoms with Crippen molar-refractivity contribution in [1.29, 1.82) is 0 Å². The van der Waals surface area contributed by atoms with Crippen LogP contribution in [-0.4, -0.2) is 104 Å². The van der Waals surface area contributed by atoms with Gasteiger partial charge in [-0.2, -0.15) is 0 Å². The molecule has 1 spiro atoms. The van der Waals surface area contributed by atoms with Crippen molar-refractivity contribution < 1.29 is 14.4 Å². The maximum Gasteiger partial charge on any atom is 0.319 e. The smallest absolute Gasteiger partial charge is 0.319 e. The molecular formula is C17H31N5O3. The quantitative estimate of drug-likeness (QED) is 0.753. The topological polar surface area (TPSA) is 76.2 Å². The summed E-state index contributed by atoms with van der Waals surface area (Å²) in [6.07, 6.45) is 0.355. The minimum absolute atomic E-state index is 0.00847. The van der Waals surface area contributed by atoms with Gasteiger partial charge in [0.2, 0.25) is 11.8 Å². The lowest BCUT2D eigenvalue weighted by Gasteiger charge is -2.34. The van der Waals surface area contributed by atoms with Gasteiger partial charge in [0, 0.05) is 64.7 Å². The summed E-state index contributed by atoms with van der Waals surface area (Å²) in [4.78, 5) is 44.2. The lowest BCUT2D eigenvalue weighted by molar-refractivity contribution is -0.133. The zero-order chi connectivity index (χ0) is 18.8. The number of nitrogens with zero attached hydrogens (tertiary/aromatic N) is 4. The predicted octanol–water partition coefficient (Wildman–Crippen LogP) is -0.341. The number of hydrogen-bond acceptors (Lipinski definition) is 4. The number of urea groups is 1. The number of likely N-dealkylation sites (N-methyl/N-ethyl adjacent to an activating group) is 1. The molecule has 0 aliphatic carbocycles. The first-order valence-corrected chi connectivity index (χ1v) is 8.84. The number of rotatable bonds is 3. The van der Waals surface area contributed by atoms with E-state index in [-0.39, 0.29) is 23.9 Å². The number of carbonyl (C=O) groups is 3. The van der Waals surface area contributed by atoms with Crippen LogP contribution in [0.15, 0.2) is 0 Å². The number of carbonyl (C=O) groups excluding carboxylic acids is 3. The average molecular weight is 353 g/mol. The van der Waals surface area contributed by atoms with Crippen molar-refractivity contribution in [3.05, 3.63) is 0 Å². The van der Waals surface area contributed by atoms with Crippen molar-refractivity contribution in [2.75, 3.05) is 60.4 Å². The van der Waals surface area contributed by atoms with Gasteiger partial charge in [0.25, 0.3) is 0 Å². The summed E-state index contributed by atoms with van der Waals surface area (Å²) < 4.78 is 0. The van der Waals surface area contributed by atoms with E-state index in [2.05, 4.69) is 5.32 Å². The largest absolute Gasteiger partial charge is 0.355 e. The van der Waals surface area contributed by atoms with Crippen LogP contribution >= 0.6 is 0 Å². The summed E-state index contributed by atoms with van der Waals surface area (Å²) in [5.74, 6) is 0.0416. The van der Waals surface area contributed by atoms with Crippen LogP contribution in [0.2, 0.25) is 0 Å². The summed E-state index contributed by atoms with van der Waals surface area (Å²) in [6.45, 7) is 6.94. The Morgan fingerprint density at radius 1 is 1.16 bits per heavy atom. The molecule has 2 heterocycles. The molecule has 8 heteroatoms. The molecule has 1 unspecified atom stereocenters. The van der Waals surface area contributed by atoms with E-state index in [0.29, 0.717) is 45.7 Å². The van der Waals surface area contributed by atoms with Crippen molar-refractivity contribution in [3.8, 4) is 0 Å². The SMILES string of the molecule is CC(C)N(C)CC(=O)N1CCN(C(=O)N(C)C)CC2(CNC(=O)C2)C1. The fourth-order valence-electron chi connectivity index (χ4n) is 3.39. The molecule has 0 radical (unpaired) electrons. The summed E-state index contributed by atoms with van der Waals surface area (Å²) in [5.41, 5.74) is -0.398. The van der Waals surface area contributed by atoms with Gasteiger partial charge in [0.1, 0.15) is 0 Å². The Labute approximate surface area is 150 Å². The highest BCUT2D eigenvalue weighted by molar-refractivity contribution is 5.81. The molecule has 2 fully saturated rings. The van der Waals surface area contributed by atoms with E-state index in [1.807, 2.05) is 30.7 Å². The van der Waals surface area contributed by atoms with E-state index in [1.165, 1.54) is 0 Å². The Morgan fingerprint density at radius 3 is 2.28 bits per heavy atom. The maximum atomic E-state index is 12.8. The lowest BCUT2D eigenvalue weighted by Crippen LogP contribution is -2.48. The molecule has 1 N–H and O–H groups in total. The highest BCUT2D eigenvalue weighted by atomic mass is 16.2.